The summed E-state index contributed by atoms with van der Waals surface area (Å²) in [7, 11) is 0. The summed E-state index contributed by atoms with van der Waals surface area (Å²) < 4.78 is 10.5. The van der Waals surface area contributed by atoms with Crippen molar-refractivity contribution in [2.24, 2.45) is 4.99 Å². The smallest absolute Gasteiger partial charge is 0.191 e. The molecule has 0 aliphatic rings. The van der Waals surface area contributed by atoms with E-state index < -0.39 is 0 Å². The first-order valence-corrected chi connectivity index (χ1v) is 7.28. The topological polar surface area (TPSA) is 75.6 Å². The Kier molecular flexibility index (Phi) is 8.46. The molecule has 0 unspecified atom stereocenters. The van der Waals surface area contributed by atoms with Gasteiger partial charge in [-0.2, -0.15) is 0 Å². The lowest BCUT2D eigenvalue weighted by atomic mass is 10.2. The monoisotopic (exact) mass is 430 g/mol. The van der Waals surface area contributed by atoms with E-state index in [1.165, 1.54) is 0 Å². The van der Waals surface area contributed by atoms with Crippen molar-refractivity contribution in [3.8, 4) is 0 Å². The SMILES string of the molecule is C=CCNC(=NCc1c(C)noc1C)NCCc1ccco1.I. The summed E-state index contributed by atoms with van der Waals surface area (Å²) >= 11 is 0. The Bertz CT molecular complexity index is 601. The van der Waals surface area contributed by atoms with Crippen LogP contribution in [0.25, 0.3) is 0 Å². The first-order chi connectivity index (χ1) is 10.7. The van der Waals surface area contributed by atoms with Crippen molar-refractivity contribution in [1.29, 1.82) is 0 Å². The van der Waals surface area contributed by atoms with Crippen LogP contribution in [0.2, 0.25) is 0 Å². The van der Waals surface area contributed by atoms with Gasteiger partial charge in [-0.3, -0.25) is 0 Å². The first kappa shape index (κ1) is 19.3. The third-order valence-corrected chi connectivity index (χ3v) is 3.23. The van der Waals surface area contributed by atoms with Crippen LogP contribution in [0.5, 0.6) is 0 Å². The fourth-order valence-electron chi connectivity index (χ4n) is 1.99. The number of guanidine groups is 1. The van der Waals surface area contributed by atoms with Gasteiger partial charge in [0.05, 0.1) is 18.5 Å². The molecule has 0 aliphatic heterocycles. The van der Waals surface area contributed by atoms with Gasteiger partial charge in [0.1, 0.15) is 11.5 Å². The second kappa shape index (κ2) is 10.1. The maximum atomic E-state index is 5.31. The van der Waals surface area contributed by atoms with Crippen LogP contribution in [0.1, 0.15) is 22.8 Å². The van der Waals surface area contributed by atoms with E-state index in [0.29, 0.717) is 13.1 Å². The minimum Gasteiger partial charge on any atom is -0.469 e. The van der Waals surface area contributed by atoms with Crippen molar-refractivity contribution in [3.63, 3.8) is 0 Å². The minimum absolute atomic E-state index is 0. The van der Waals surface area contributed by atoms with Gasteiger partial charge in [-0.05, 0) is 26.0 Å². The number of aliphatic imine (C=N–C) groups is 1. The van der Waals surface area contributed by atoms with Crippen LogP contribution in [0.3, 0.4) is 0 Å². The molecule has 6 nitrogen and oxygen atoms in total. The molecular formula is C16H23IN4O2. The van der Waals surface area contributed by atoms with E-state index >= 15 is 0 Å². The molecule has 0 fully saturated rings. The number of nitrogens with one attached hydrogen (secondary N) is 2. The van der Waals surface area contributed by atoms with Crippen molar-refractivity contribution in [2.45, 2.75) is 26.8 Å². The highest BCUT2D eigenvalue weighted by molar-refractivity contribution is 14.0. The quantitative estimate of drug-likeness (QED) is 0.306. The van der Waals surface area contributed by atoms with Gasteiger partial charge in [0.25, 0.3) is 0 Å². The molecule has 2 rings (SSSR count). The van der Waals surface area contributed by atoms with E-state index in [2.05, 4.69) is 27.4 Å². The molecule has 23 heavy (non-hydrogen) atoms. The average Bonchev–Trinajstić information content (AvgIpc) is 3.13. The number of halogens is 1. The predicted molar refractivity (Wildman–Crippen MR) is 101 cm³/mol. The molecule has 126 valence electrons. The lowest BCUT2D eigenvalue weighted by Crippen LogP contribution is -2.38. The molecule has 2 aromatic heterocycles. The summed E-state index contributed by atoms with van der Waals surface area (Å²) in [5.74, 6) is 2.48. The van der Waals surface area contributed by atoms with Crippen molar-refractivity contribution < 1.29 is 8.94 Å². The number of aromatic nitrogens is 1. The van der Waals surface area contributed by atoms with Crippen LogP contribution < -0.4 is 10.6 Å². The average molecular weight is 430 g/mol. The Labute approximate surface area is 153 Å². The molecule has 0 radical (unpaired) electrons. The molecule has 0 saturated carbocycles. The molecule has 0 spiro atoms. The van der Waals surface area contributed by atoms with E-state index in [9.17, 15) is 0 Å². The zero-order chi connectivity index (χ0) is 15.8. The lowest BCUT2D eigenvalue weighted by Gasteiger charge is -2.10. The first-order valence-electron chi connectivity index (χ1n) is 7.28. The van der Waals surface area contributed by atoms with E-state index in [4.69, 9.17) is 8.94 Å². The number of aryl methyl sites for hydroxylation is 2. The van der Waals surface area contributed by atoms with Crippen LogP contribution in [-0.2, 0) is 13.0 Å². The predicted octanol–water partition coefficient (Wildman–Crippen LogP) is 2.97. The highest BCUT2D eigenvalue weighted by Gasteiger charge is 2.08. The summed E-state index contributed by atoms with van der Waals surface area (Å²) in [5, 5.41) is 10.4. The number of nitrogens with zero attached hydrogens (tertiary/aromatic N) is 2. The zero-order valence-electron chi connectivity index (χ0n) is 13.5. The van der Waals surface area contributed by atoms with E-state index in [1.807, 2.05) is 26.0 Å². The Balaban J connectivity index is 0.00000264. The Hall–Kier alpha value is -1.77. The van der Waals surface area contributed by atoms with Crippen molar-refractivity contribution in [3.05, 3.63) is 53.8 Å². The number of furan rings is 1. The molecule has 2 aromatic rings. The molecule has 2 N–H and O–H groups in total. The lowest BCUT2D eigenvalue weighted by molar-refractivity contribution is 0.392. The highest BCUT2D eigenvalue weighted by Crippen LogP contribution is 2.12. The zero-order valence-corrected chi connectivity index (χ0v) is 15.8. The van der Waals surface area contributed by atoms with Crippen LogP contribution in [0.15, 0.2) is 45.0 Å². The molecule has 0 atom stereocenters. The van der Waals surface area contributed by atoms with Gasteiger partial charge in [-0.15, -0.1) is 30.6 Å². The molecular weight excluding hydrogens is 407 g/mol. The van der Waals surface area contributed by atoms with Crippen molar-refractivity contribution >= 4 is 29.9 Å². The summed E-state index contributed by atoms with van der Waals surface area (Å²) in [6, 6.07) is 3.84. The van der Waals surface area contributed by atoms with E-state index in [0.717, 1.165) is 41.7 Å². The van der Waals surface area contributed by atoms with Crippen LogP contribution in [0, 0.1) is 13.8 Å². The third-order valence-electron chi connectivity index (χ3n) is 3.23. The molecule has 0 saturated heterocycles. The molecule has 0 aromatic carbocycles. The number of hydrogen-bond acceptors (Lipinski definition) is 4. The molecule has 0 bridgehead atoms. The van der Waals surface area contributed by atoms with Crippen LogP contribution in [-0.4, -0.2) is 24.2 Å². The maximum absolute atomic E-state index is 5.31. The standard InChI is InChI=1S/C16H22N4O2.HI/c1-4-8-17-16(18-9-7-14-6-5-10-21-14)19-11-15-12(2)20-22-13(15)3;/h4-6,10H,1,7-9,11H2,2-3H3,(H2,17,18,19);1H. The van der Waals surface area contributed by atoms with E-state index in [1.54, 1.807) is 12.3 Å². The molecule has 7 heteroatoms. The fraction of sp³-hybridized carbons (Fsp3) is 0.375. The summed E-state index contributed by atoms with van der Waals surface area (Å²) in [6.45, 7) is 9.42. The fourth-order valence-corrected chi connectivity index (χ4v) is 1.99. The Morgan fingerprint density at radius 3 is 2.83 bits per heavy atom. The largest absolute Gasteiger partial charge is 0.469 e. The van der Waals surface area contributed by atoms with Gasteiger partial charge >= 0.3 is 0 Å². The van der Waals surface area contributed by atoms with Gasteiger partial charge in [0.2, 0.25) is 0 Å². The van der Waals surface area contributed by atoms with Crippen molar-refractivity contribution in [2.75, 3.05) is 13.1 Å². The van der Waals surface area contributed by atoms with Crippen molar-refractivity contribution in [1.82, 2.24) is 15.8 Å². The molecule has 0 aliphatic carbocycles. The second-order valence-corrected chi connectivity index (χ2v) is 4.89. The molecule has 2 heterocycles. The Morgan fingerprint density at radius 2 is 2.22 bits per heavy atom. The van der Waals surface area contributed by atoms with E-state index in [-0.39, 0.29) is 24.0 Å². The molecule has 0 amide bonds. The summed E-state index contributed by atoms with van der Waals surface area (Å²) in [4.78, 5) is 4.56. The maximum Gasteiger partial charge on any atom is 0.191 e. The number of hydrogen-bond donors (Lipinski definition) is 2. The summed E-state index contributed by atoms with van der Waals surface area (Å²) in [5.41, 5.74) is 1.89. The van der Waals surface area contributed by atoms with Gasteiger partial charge in [-0.1, -0.05) is 11.2 Å². The normalized spacial score (nSPS) is 11.0. The summed E-state index contributed by atoms with van der Waals surface area (Å²) in [6.07, 6.45) is 4.27. The van der Waals surface area contributed by atoms with Gasteiger partial charge in [-0.25, -0.2) is 4.99 Å². The third kappa shape index (κ3) is 6.09. The van der Waals surface area contributed by atoms with Gasteiger partial charge < -0.3 is 19.6 Å². The van der Waals surface area contributed by atoms with Crippen LogP contribution >= 0.6 is 24.0 Å². The highest BCUT2D eigenvalue weighted by atomic mass is 127. The minimum atomic E-state index is 0. The Morgan fingerprint density at radius 1 is 1.39 bits per heavy atom. The van der Waals surface area contributed by atoms with Gasteiger partial charge in [0.15, 0.2) is 5.96 Å². The van der Waals surface area contributed by atoms with Crippen LogP contribution in [0.4, 0.5) is 0 Å². The number of rotatable bonds is 7. The second-order valence-electron chi connectivity index (χ2n) is 4.89. The van der Waals surface area contributed by atoms with Gasteiger partial charge in [0, 0.05) is 25.1 Å².